The lowest BCUT2D eigenvalue weighted by Gasteiger charge is -2.37. The maximum Gasteiger partial charge on any atom is 0.475 e. The molecule has 0 aliphatic carbocycles. The summed E-state index contributed by atoms with van der Waals surface area (Å²) in [6, 6.07) is 0. The second-order valence-corrected chi connectivity index (χ2v) is 11.0. The van der Waals surface area contributed by atoms with Crippen molar-refractivity contribution in [3.63, 3.8) is 0 Å². The van der Waals surface area contributed by atoms with Crippen LogP contribution in [0.2, 0.25) is 0 Å². The molecule has 0 saturated carbocycles. The number of amides is 1. The Morgan fingerprint density at radius 3 is 2.73 bits per heavy atom. The third-order valence-corrected chi connectivity index (χ3v) is 7.30. The molecule has 0 aromatic heterocycles. The maximum absolute atomic E-state index is 13.2. The van der Waals surface area contributed by atoms with Crippen LogP contribution in [0, 0.1) is 23.2 Å². The Morgan fingerprint density at radius 2 is 2.12 bits per heavy atom. The molecule has 0 radical (unpaired) electrons. The van der Waals surface area contributed by atoms with Crippen molar-refractivity contribution < 1.29 is 42.0 Å². The number of nitrogens with zero attached hydrogens (tertiary/aromatic N) is 1. The van der Waals surface area contributed by atoms with E-state index in [9.17, 15) is 18.9 Å². The predicted molar refractivity (Wildman–Crippen MR) is 115 cm³/mol. The highest BCUT2D eigenvalue weighted by atomic mass is 31.2. The number of terminal acetylenes is 1. The largest absolute Gasteiger partial charge is 0.475 e. The Labute approximate surface area is 193 Å². The summed E-state index contributed by atoms with van der Waals surface area (Å²) in [4.78, 5) is 37.4. The molecule has 3 aliphatic rings. The van der Waals surface area contributed by atoms with Crippen LogP contribution < -0.4 is 0 Å². The minimum absolute atomic E-state index is 0.0820. The fourth-order valence-electron chi connectivity index (χ4n) is 3.76. The van der Waals surface area contributed by atoms with E-state index in [1.54, 1.807) is 34.6 Å². The maximum atomic E-state index is 13.2. The van der Waals surface area contributed by atoms with E-state index in [1.807, 2.05) is 0 Å². The molecule has 11 heteroatoms. The van der Waals surface area contributed by atoms with E-state index in [2.05, 4.69) is 5.92 Å². The molecular formula is C22H30NO9P. The van der Waals surface area contributed by atoms with Gasteiger partial charge < -0.3 is 9.47 Å². The zero-order valence-electron chi connectivity index (χ0n) is 19.4. The molecule has 1 amide bonds. The lowest BCUT2D eigenvalue weighted by molar-refractivity contribution is -0.158. The zero-order valence-corrected chi connectivity index (χ0v) is 20.3. The number of carbonyl (C=O) groups is 3. The number of allylic oxidation sites excluding steroid dienone is 1. The monoisotopic (exact) mass is 483 g/mol. The Kier molecular flexibility index (Phi) is 7.23. The number of fused-ring (bicyclic) bond motifs is 1. The summed E-state index contributed by atoms with van der Waals surface area (Å²) in [6.07, 6.45) is 5.57. The fourth-order valence-corrected chi connectivity index (χ4v) is 5.24. The Bertz CT molecular complexity index is 937. The molecule has 3 aliphatic heterocycles. The van der Waals surface area contributed by atoms with Gasteiger partial charge in [-0.25, -0.2) is 4.57 Å². The molecule has 0 bridgehead atoms. The van der Waals surface area contributed by atoms with Gasteiger partial charge in [0.2, 0.25) is 5.91 Å². The molecule has 0 aromatic rings. The van der Waals surface area contributed by atoms with E-state index < -0.39 is 49.0 Å². The van der Waals surface area contributed by atoms with Crippen molar-refractivity contribution in [3.8, 4) is 12.3 Å². The average molecular weight is 483 g/mol. The van der Waals surface area contributed by atoms with Crippen LogP contribution in [0.5, 0.6) is 0 Å². The van der Waals surface area contributed by atoms with Gasteiger partial charge in [-0.15, -0.1) is 6.42 Å². The number of carbonyl (C=O) groups excluding carboxylic acids is 3. The third-order valence-electron chi connectivity index (χ3n) is 5.85. The topological polar surface area (TPSA) is 118 Å². The highest BCUT2D eigenvalue weighted by Crippen LogP contribution is 2.59. The van der Waals surface area contributed by atoms with Crippen molar-refractivity contribution in [1.29, 1.82) is 0 Å². The summed E-state index contributed by atoms with van der Waals surface area (Å²) in [6.45, 7) is 8.37. The Balaban J connectivity index is 1.68. The van der Waals surface area contributed by atoms with Gasteiger partial charge in [0.1, 0.15) is 17.6 Å². The van der Waals surface area contributed by atoms with Crippen LogP contribution in [0.1, 0.15) is 47.5 Å². The first kappa shape index (κ1) is 25.6. The summed E-state index contributed by atoms with van der Waals surface area (Å²) < 4.78 is 40.9. The number of rotatable bonds is 7. The molecule has 33 heavy (non-hydrogen) atoms. The first-order chi connectivity index (χ1) is 15.3. The van der Waals surface area contributed by atoms with E-state index >= 15 is 0 Å². The van der Waals surface area contributed by atoms with Gasteiger partial charge in [-0.2, -0.15) is 0 Å². The molecule has 5 atom stereocenters. The van der Waals surface area contributed by atoms with E-state index in [0.29, 0.717) is 0 Å². The predicted octanol–water partition coefficient (Wildman–Crippen LogP) is 2.57. The van der Waals surface area contributed by atoms with Crippen molar-refractivity contribution in [2.24, 2.45) is 10.8 Å². The van der Waals surface area contributed by atoms with Gasteiger partial charge in [-0.1, -0.05) is 5.92 Å². The smallest absolute Gasteiger partial charge is 0.463 e. The van der Waals surface area contributed by atoms with Gasteiger partial charge in [0.15, 0.2) is 12.0 Å². The van der Waals surface area contributed by atoms with Crippen molar-refractivity contribution in [2.45, 2.75) is 72.0 Å². The van der Waals surface area contributed by atoms with Crippen molar-refractivity contribution in [1.82, 2.24) is 4.90 Å². The second-order valence-electron chi connectivity index (χ2n) is 9.40. The van der Waals surface area contributed by atoms with Gasteiger partial charge in [-0.05, 0) is 47.1 Å². The summed E-state index contributed by atoms with van der Waals surface area (Å²) in [5, 5.41) is 0. The quantitative estimate of drug-likeness (QED) is 0.233. The highest BCUT2D eigenvalue weighted by molar-refractivity contribution is 7.48. The molecule has 3 heterocycles. The Morgan fingerprint density at radius 1 is 1.42 bits per heavy atom. The molecule has 0 spiro atoms. The fraction of sp³-hybridized carbons (Fsp3) is 0.682. The van der Waals surface area contributed by atoms with Crippen LogP contribution in [0.25, 0.3) is 0 Å². The van der Waals surface area contributed by atoms with E-state index in [1.165, 1.54) is 17.2 Å². The number of ketones is 1. The number of phosphoric acid groups is 1. The molecule has 2 saturated heterocycles. The lowest BCUT2D eigenvalue weighted by Crippen LogP contribution is -2.49. The molecule has 0 aromatic carbocycles. The van der Waals surface area contributed by atoms with Crippen LogP contribution in [0.3, 0.4) is 0 Å². The van der Waals surface area contributed by atoms with E-state index in [-0.39, 0.29) is 37.9 Å². The summed E-state index contributed by atoms with van der Waals surface area (Å²) in [5.74, 6) is 1.45. The second kappa shape index (κ2) is 9.32. The van der Waals surface area contributed by atoms with Gasteiger partial charge in [0.05, 0.1) is 31.2 Å². The number of hydrogen-bond acceptors (Lipinski definition) is 9. The normalized spacial score (nSPS) is 34.3. The first-order valence-electron chi connectivity index (χ1n) is 10.8. The molecule has 3 rings (SSSR count). The van der Waals surface area contributed by atoms with E-state index in [0.717, 1.165) is 0 Å². The molecule has 182 valence electrons. The molecular weight excluding hydrogens is 453 g/mol. The van der Waals surface area contributed by atoms with Crippen LogP contribution in [0.15, 0.2) is 12.3 Å². The minimum Gasteiger partial charge on any atom is -0.463 e. The first-order valence-corrected chi connectivity index (χ1v) is 12.2. The van der Waals surface area contributed by atoms with Gasteiger partial charge in [0, 0.05) is 6.20 Å². The third kappa shape index (κ3) is 5.23. The van der Waals surface area contributed by atoms with Crippen molar-refractivity contribution in [3.05, 3.63) is 12.3 Å². The van der Waals surface area contributed by atoms with Crippen LogP contribution in [0.4, 0.5) is 0 Å². The molecule has 0 N–H and O–H groups in total. The van der Waals surface area contributed by atoms with Crippen LogP contribution in [-0.2, 0) is 42.0 Å². The van der Waals surface area contributed by atoms with Gasteiger partial charge in [0.25, 0.3) is 0 Å². The van der Waals surface area contributed by atoms with Crippen molar-refractivity contribution in [2.75, 3.05) is 13.2 Å². The van der Waals surface area contributed by atoms with Crippen molar-refractivity contribution >= 4 is 25.5 Å². The number of hydrogen-bond donors (Lipinski definition) is 0. The molecule has 0 unspecified atom stereocenters. The summed E-state index contributed by atoms with van der Waals surface area (Å²) in [5.41, 5.74) is -2.05. The van der Waals surface area contributed by atoms with Crippen LogP contribution in [-0.4, -0.2) is 60.3 Å². The highest BCUT2D eigenvalue weighted by Gasteiger charge is 2.61. The average Bonchev–Trinajstić information content (AvgIpc) is 2.99. The lowest BCUT2D eigenvalue weighted by atomic mass is 9.82. The number of esters is 1. The van der Waals surface area contributed by atoms with E-state index in [4.69, 9.17) is 29.5 Å². The Hall–Kier alpha value is -2.02. The van der Waals surface area contributed by atoms with Gasteiger partial charge in [-0.3, -0.25) is 32.9 Å². The minimum atomic E-state index is -4.02. The van der Waals surface area contributed by atoms with Crippen LogP contribution >= 0.6 is 7.82 Å². The van der Waals surface area contributed by atoms with Gasteiger partial charge >= 0.3 is 13.8 Å². The summed E-state index contributed by atoms with van der Waals surface area (Å²) in [7, 11) is -4.02. The summed E-state index contributed by atoms with van der Waals surface area (Å²) >= 11 is 0. The zero-order chi connectivity index (χ0) is 24.6. The SMILES string of the molecule is C#C[C@]1(C)[C@@H]2O[P@@](=O)(OCCC(C)(C)C(=O)OC(C)C)OC[C@H]2O[C@H]1N1C=CC(=O)CC1=O. The molecule has 10 nitrogen and oxygen atoms in total. The number of ether oxygens (including phenoxy) is 2. The number of phosphoric ester groups is 1. The molecule has 2 fully saturated rings. The standard InChI is InChI=1S/C22H30NO9P/c1-7-22(6)18-16(31-19(22)23-10-8-15(24)12-17(23)25)13-29-33(27,32-18)28-11-9-21(4,5)20(26)30-14(2)3/h1,8,10,14,16,18-19H,9,11-13H2,2-6H3/t16-,18-,19-,22-,33+/m1/s1.